The van der Waals surface area contributed by atoms with Crippen LogP contribution < -0.4 is 9.44 Å². The Morgan fingerprint density at radius 1 is 0.951 bits per heavy atom. The number of piperidine rings is 1. The van der Waals surface area contributed by atoms with Crippen molar-refractivity contribution in [2.75, 3.05) is 19.6 Å². The van der Waals surface area contributed by atoms with Crippen molar-refractivity contribution in [1.82, 2.24) is 14.3 Å². The maximum absolute atomic E-state index is 13.2. The second kappa shape index (κ2) is 11.7. The van der Waals surface area contributed by atoms with Crippen LogP contribution in [0.3, 0.4) is 0 Å². The molecule has 8 nitrogen and oxygen atoms in total. The van der Waals surface area contributed by atoms with Gasteiger partial charge < -0.3 is 9.64 Å². The Hall–Kier alpha value is -3.07. The summed E-state index contributed by atoms with van der Waals surface area (Å²) < 4.78 is 113. The van der Waals surface area contributed by atoms with E-state index >= 15 is 0 Å². The lowest BCUT2D eigenvalue weighted by Crippen LogP contribution is -2.49. The number of rotatable bonds is 7. The molecule has 1 aromatic rings. The zero-order chi connectivity index (χ0) is 30.9. The average Bonchev–Trinajstić information content (AvgIpc) is 2.86. The van der Waals surface area contributed by atoms with Crippen LogP contribution in [0, 0.1) is 5.41 Å². The van der Waals surface area contributed by atoms with Gasteiger partial charge in [-0.05, 0) is 70.7 Å². The second-order valence-corrected chi connectivity index (χ2v) is 12.4. The summed E-state index contributed by atoms with van der Waals surface area (Å²) in [5, 5.41) is 0. The van der Waals surface area contributed by atoms with Gasteiger partial charge in [0.15, 0.2) is 0 Å². The van der Waals surface area contributed by atoms with E-state index in [1.54, 1.807) is 32.9 Å². The third-order valence-corrected chi connectivity index (χ3v) is 7.41. The number of allylic oxidation sites excluding steroid dienone is 2. The van der Waals surface area contributed by atoms with Crippen LogP contribution in [-0.2, 0) is 32.1 Å². The highest BCUT2D eigenvalue weighted by Gasteiger charge is 2.42. The van der Waals surface area contributed by atoms with Crippen molar-refractivity contribution < 1.29 is 49.1 Å². The monoisotopic (exact) mass is 611 g/mol. The SMILES string of the molecule is CC(C)(C)OC(=O)C1(CNS(=O)(=O)NC(=O)c2cc(C(F)(F)F)cc(C(F)(F)F)c2)C=CC(N2CCCCC2)=CC1. The largest absolute Gasteiger partial charge is 0.459 e. The number of likely N-dealkylation sites (tertiary alicyclic amines) is 1. The Balaban J connectivity index is 1.82. The van der Waals surface area contributed by atoms with Crippen molar-refractivity contribution in [2.24, 2.45) is 5.41 Å². The van der Waals surface area contributed by atoms with E-state index in [-0.39, 0.29) is 24.6 Å². The summed E-state index contributed by atoms with van der Waals surface area (Å²) in [7, 11) is -4.86. The molecule has 0 radical (unpaired) electrons. The molecule has 0 spiro atoms. The van der Waals surface area contributed by atoms with Gasteiger partial charge in [-0.3, -0.25) is 9.59 Å². The number of ether oxygens (including phenoxy) is 1. The summed E-state index contributed by atoms with van der Waals surface area (Å²) in [4.78, 5) is 27.8. The predicted octanol–water partition coefficient (Wildman–Crippen LogP) is 4.95. The molecule has 1 saturated heterocycles. The zero-order valence-corrected chi connectivity index (χ0v) is 23.4. The smallest absolute Gasteiger partial charge is 0.416 e. The van der Waals surface area contributed by atoms with Crippen LogP contribution in [0.1, 0.15) is 67.9 Å². The first kappa shape index (κ1) is 32.4. The van der Waals surface area contributed by atoms with E-state index in [0.717, 1.165) is 38.0 Å². The molecule has 1 amide bonds. The maximum Gasteiger partial charge on any atom is 0.416 e. The Kier molecular flexibility index (Phi) is 9.23. The van der Waals surface area contributed by atoms with E-state index in [1.165, 1.54) is 10.8 Å². The van der Waals surface area contributed by atoms with Crippen LogP contribution in [0.2, 0.25) is 0 Å². The number of nitrogens with zero attached hydrogens (tertiary/aromatic N) is 1. The minimum Gasteiger partial charge on any atom is -0.459 e. The highest BCUT2D eigenvalue weighted by Crippen LogP contribution is 2.37. The van der Waals surface area contributed by atoms with E-state index in [2.05, 4.69) is 4.90 Å². The van der Waals surface area contributed by atoms with Gasteiger partial charge in [-0.25, -0.2) is 4.72 Å². The number of amides is 1. The maximum atomic E-state index is 13.2. The molecule has 41 heavy (non-hydrogen) atoms. The molecule has 1 heterocycles. The van der Waals surface area contributed by atoms with E-state index < -0.39 is 68.7 Å². The lowest BCUT2D eigenvalue weighted by atomic mass is 9.80. The second-order valence-electron chi connectivity index (χ2n) is 10.9. The van der Waals surface area contributed by atoms with Gasteiger partial charge >= 0.3 is 28.5 Å². The number of carbonyl (C=O) groups is 2. The van der Waals surface area contributed by atoms with Crippen LogP contribution in [0.5, 0.6) is 0 Å². The quantitative estimate of drug-likeness (QED) is 0.334. The van der Waals surface area contributed by atoms with Crippen molar-refractivity contribution in [3.63, 3.8) is 0 Å². The molecule has 0 bridgehead atoms. The van der Waals surface area contributed by atoms with Crippen molar-refractivity contribution >= 4 is 22.1 Å². The van der Waals surface area contributed by atoms with Crippen molar-refractivity contribution in [3.8, 4) is 0 Å². The number of hydrogen-bond acceptors (Lipinski definition) is 6. The van der Waals surface area contributed by atoms with E-state index in [0.29, 0.717) is 0 Å². The highest BCUT2D eigenvalue weighted by atomic mass is 32.2. The Labute approximate surface area is 234 Å². The van der Waals surface area contributed by atoms with Crippen LogP contribution in [0.15, 0.2) is 42.1 Å². The normalized spacial score (nSPS) is 20.4. The standard InChI is InChI=1S/C26H31F6N3O5S/c1-23(2,3)40-22(37)24(9-7-20(8-10-24)35-11-5-4-6-12-35)16-33-41(38,39)34-21(36)17-13-18(25(27,28)29)15-19(14-17)26(30,31)32/h7-9,13-15,33H,4-6,10-12,16H2,1-3H3,(H,34,36). The minimum atomic E-state index is -5.24. The fourth-order valence-electron chi connectivity index (χ4n) is 4.32. The zero-order valence-electron chi connectivity index (χ0n) is 22.6. The molecule has 0 aromatic heterocycles. The predicted molar refractivity (Wildman–Crippen MR) is 136 cm³/mol. The molecule has 3 rings (SSSR count). The van der Waals surface area contributed by atoms with Gasteiger partial charge in [-0.2, -0.15) is 39.5 Å². The molecule has 15 heteroatoms. The summed E-state index contributed by atoms with van der Waals surface area (Å²) in [6, 6.07) is 0.0351. The number of alkyl halides is 6. The third kappa shape index (κ3) is 8.71. The first-order valence-electron chi connectivity index (χ1n) is 12.7. The van der Waals surface area contributed by atoms with Crippen LogP contribution in [-0.4, -0.2) is 50.4 Å². The van der Waals surface area contributed by atoms with Gasteiger partial charge in [0.1, 0.15) is 11.0 Å². The summed E-state index contributed by atoms with van der Waals surface area (Å²) in [6.07, 6.45) is -2.41. The molecule has 1 unspecified atom stereocenters. The number of hydrogen-bond donors (Lipinski definition) is 2. The Morgan fingerprint density at radius 2 is 1.51 bits per heavy atom. The minimum absolute atomic E-state index is 0.0310. The molecular formula is C26H31F6N3O5S. The van der Waals surface area contributed by atoms with Crippen LogP contribution >= 0.6 is 0 Å². The Bertz CT molecular complexity index is 1290. The number of carbonyl (C=O) groups excluding carboxylic acids is 2. The van der Waals surface area contributed by atoms with Crippen molar-refractivity contribution in [1.29, 1.82) is 0 Å². The molecule has 1 aliphatic carbocycles. The van der Waals surface area contributed by atoms with Crippen molar-refractivity contribution in [2.45, 2.75) is 64.4 Å². The van der Waals surface area contributed by atoms with Gasteiger partial charge in [0.05, 0.1) is 11.1 Å². The molecule has 1 aromatic carbocycles. The van der Waals surface area contributed by atoms with E-state index in [4.69, 9.17) is 4.74 Å². The number of benzene rings is 1. The van der Waals surface area contributed by atoms with Gasteiger partial charge in [0.25, 0.3) is 5.91 Å². The fraction of sp³-hybridized carbons (Fsp3) is 0.538. The van der Waals surface area contributed by atoms with Crippen LogP contribution in [0.4, 0.5) is 26.3 Å². The molecule has 1 fully saturated rings. The topological polar surface area (TPSA) is 105 Å². The first-order valence-corrected chi connectivity index (χ1v) is 14.2. The highest BCUT2D eigenvalue weighted by molar-refractivity contribution is 7.88. The molecule has 1 aliphatic heterocycles. The molecular weight excluding hydrogens is 580 g/mol. The van der Waals surface area contributed by atoms with Crippen molar-refractivity contribution in [3.05, 3.63) is 58.8 Å². The number of halogens is 6. The lowest BCUT2D eigenvalue weighted by Gasteiger charge is -2.36. The number of esters is 1. The summed E-state index contributed by atoms with van der Waals surface area (Å²) in [5.41, 5.74) is -6.35. The summed E-state index contributed by atoms with van der Waals surface area (Å²) >= 11 is 0. The number of nitrogens with one attached hydrogen (secondary N) is 2. The van der Waals surface area contributed by atoms with Gasteiger partial charge in [0, 0.05) is 30.9 Å². The van der Waals surface area contributed by atoms with Gasteiger partial charge in [-0.1, -0.05) is 12.2 Å². The molecule has 2 aliphatic rings. The first-order chi connectivity index (χ1) is 18.7. The molecule has 2 N–H and O–H groups in total. The third-order valence-electron chi connectivity index (χ3n) is 6.43. The van der Waals surface area contributed by atoms with Gasteiger partial charge in [0.2, 0.25) is 0 Å². The van der Waals surface area contributed by atoms with E-state index in [9.17, 15) is 44.3 Å². The lowest BCUT2D eigenvalue weighted by molar-refractivity contribution is -0.164. The summed E-state index contributed by atoms with van der Waals surface area (Å²) in [6.45, 7) is 5.89. The molecule has 228 valence electrons. The van der Waals surface area contributed by atoms with Gasteiger partial charge in [-0.15, -0.1) is 0 Å². The average molecular weight is 612 g/mol. The van der Waals surface area contributed by atoms with Crippen LogP contribution in [0.25, 0.3) is 0 Å². The summed E-state index contributed by atoms with van der Waals surface area (Å²) in [5.74, 6) is -2.50. The molecule has 0 saturated carbocycles. The fourth-order valence-corrected chi connectivity index (χ4v) is 5.20. The Morgan fingerprint density at radius 3 is 1.98 bits per heavy atom. The molecule has 1 atom stereocenters. The van der Waals surface area contributed by atoms with E-state index in [1.807, 2.05) is 4.72 Å².